The summed E-state index contributed by atoms with van der Waals surface area (Å²) in [5, 5.41) is 3.25. The summed E-state index contributed by atoms with van der Waals surface area (Å²) >= 11 is 6.11. The van der Waals surface area contributed by atoms with Crippen molar-refractivity contribution in [2.24, 2.45) is 5.92 Å². The van der Waals surface area contributed by atoms with Crippen LogP contribution in [0.1, 0.15) is 34.8 Å². The molecule has 1 aliphatic rings. The lowest BCUT2D eigenvalue weighted by Gasteiger charge is -2.19. The van der Waals surface area contributed by atoms with Crippen LogP contribution < -0.4 is 5.32 Å². The third kappa shape index (κ3) is 3.79. The number of carbonyl (C=O) groups excluding carboxylic acids is 1. The molecule has 2 aromatic rings. The fourth-order valence-corrected chi connectivity index (χ4v) is 3.54. The third-order valence-corrected chi connectivity index (χ3v) is 5.59. The van der Waals surface area contributed by atoms with Gasteiger partial charge in [-0.05, 0) is 42.5 Å². The van der Waals surface area contributed by atoms with Crippen LogP contribution in [-0.2, 0) is 9.84 Å². The highest BCUT2D eigenvalue weighted by Gasteiger charge is 2.33. The van der Waals surface area contributed by atoms with E-state index < -0.39 is 9.84 Å². The second-order valence-corrected chi connectivity index (χ2v) is 8.54. The number of carbonyl (C=O) groups is 1. The standard InChI is InChI=1S/C18H18ClNO3S/c1-24(22,23)14-9-10-16(19)15(11-14)18(21)20-17(13-7-8-13)12-5-3-2-4-6-12/h2-6,9-11,13,17H,7-8H2,1H3,(H,20,21)/t17-/m1/s1. The Bertz CT molecular complexity index is 861. The van der Waals surface area contributed by atoms with Gasteiger partial charge in [0.05, 0.1) is 21.5 Å². The highest BCUT2D eigenvalue weighted by molar-refractivity contribution is 7.90. The predicted molar refractivity (Wildman–Crippen MR) is 93.9 cm³/mol. The molecule has 0 aliphatic heterocycles. The maximum absolute atomic E-state index is 12.7. The Hall–Kier alpha value is -1.85. The number of rotatable bonds is 5. The van der Waals surface area contributed by atoms with E-state index in [1.165, 1.54) is 18.2 Å². The van der Waals surface area contributed by atoms with Gasteiger partial charge in [0.25, 0.3) is 5.91 Å². The van der Waals surface area contributed by atoms with Crippen molar-refractivity contribution in [2.45, 2.75) is 23.8 Å². The molecule has 1 aliphatic carbocycles. The van der Waals surface area contributed by atoms with Crippen LogP contribution in [0.2, 0.25) is 5.02 Å². The minimum absolute atomic E-state index is 0.0831. The molecule has 0 unspecified atom stereocenters. The highest BCUT2D eigenvalue weighted by atomic mass is 35.5. The summed E-state index contributed by atoms with van der Waals surface area (Å²) in [5.41, 5.74) is 1.23. The van der Waals surface area contributed by atoms with Gasteiger partial charge < -0.3 is 5.32 Å². The van der Waals surface area contributed by atoms with E-state index in [0.717, 1.165) is 24.7 Å². The number of sulfone groups is 1. The molecule has 0 spiro atoms. The molecule has 1 amide bonds. The van der Waals surface area contributed by atoms with E-state index >= 15 is 0 Å². The van der Waals surface area contributed by atoms with Crippen LogP contribution in [0.5, 0.6) is 0 Å². The number of nitrogens with one attached hydrogen (secondary N) is 1. The van der Waals surface area contributed by atoms with E-state index in [9.17, 15) is 13.2 Å². The van der Waals surface area contributed by atoms with Gasteiger partial charge in [-0.25, -0.2) is 8.42 Å². The molecule has 6 heteroatoms. The van der Waals surface area contributed by atoms with E-state index in [-0.39, 0.29) is 27.4 Å². The van der Waals surface area contributed by atoms with Crippen LogP contribution in [0.3, 0.4) is 0 Å². The van der Waals surface area contributed by atoms with Crippen LogP contribution in [0.15, 0.2) is 53.4 Å². The quantitative estimate of drug-likeness (QED) is 0.882. The van der Waals surface area contributed by atoms with Crippen molar-refractivity contribution in [1.82, 2.24) is 5.32 Å². The summed E-state index contributed by atoms with van der Waals surface area (Å²) < 4.78 is 23.4. The van der Waals surface area contributed by atoms with Gasteiger partial charge in [0.2, 0.25) is 0 Å². The SMILES string of the molecule is CS(=O)(=O)c1ccc(Cl)c(C(=O)N[C@H](c2ccccc2)C2CC2)c1. The lowest BCUT2D eigenvalue weighted by molar-refractivity contribution is 0.0931. The molecule has 0 heterocycles. The smallest absolute Gasteiger partial charge is 0.253 e. The predicted octanol–water partition coefficient (Wildman–Crippen LogP) is 3.62. The Labute approximate surface area is 146 Å². The number of hydrogen-bond acceptors (Lipinski definition) is 3. The monoisotopic (exact) mass is 363 g/mol. The van der Waals surface area contributed by atoms with Gasteiger partial charge in [0.15, 0.2) is 9.84 Å². The van der Waals surface area contributed by atoms with Gasteiger partial charge in [0.1, 0.15) is 0 Å². The van der Waals surface area contributed by atoms with Gasteiger partial charge in [-0.1, -0.05) is 41.9 Å². The van der Waals surface area contributed by atoms with Crippen molar-refractivity contribution >= 4 is 27.3 Å². The number of halogens is 1. The lowest BCUT2D eigenvalue weighted by Crippen LogP contribution is -2.30. The normalized spacial score (nSPS) is 15.8. The van der Waals surface area contributed by atoms with Gasteiger partial charge in [-0.3, -0.25) is 4.79 Å². The highest BCUT2D eigenvalue weighted by Crippen LogP contribution is 2.41. The lowest BCUT2D eigenvalue weighted by atomic mass is 10.0. The van der Waals surface area contributed by atoms with Crippen LogP contribution >= 0.6 is 11.6 Å². The zero-order chi connectivity index (χ0) is 17.3. The first kappa shape index (κ1) is 17.0. The minimum Gasteiger partial charge on any atom is -0.345 e. The van der Waals surface area contributed by atoms with Crippen molar-refractivity contribution in [3.8, 4) is 0 Å². The molecule has 4 nitrogen and oxygen atoms in total. The van der Waals surface area contributed by atoms with E-state index in [2.05, 4.69) is 5.32 Å². The molecule has 24 heavy (non-hydrogen) atoms. The van der Waals surface area contributed by atoms with Gasteiger partial charge in [-0.15, -0.1) is 0 Å². The molecule has 1 atom stereocenters. The first-order valence-electron chi connectivity index (χ1n) is 7.71. The summed E-state index contributed by atoms with van der Waals surface area (Å²) in [7, 11) is -3.40. The van der Waals surface area contributed by atoms with E-state index in [0.29, 0.717) is 5.92 Å². The van der Waals surface area contributed by atoms with Crippen molar-refractivity contribution in [3.63, 3.8) is 0 Å². The summed E-state index contributed by atoms with van der Waals surface area (Å²) in [6, 6.07) is 13.9. The summed E-state index contributed by atoms with van der Waals surface area (Å²) in [5.74, 6) is 0.0551. The molecule has 1 saturated carbocycles. The molecule has 3 rings (SSSR count). The molecule has 126 valence electrons. The summed E-state index contributed by atoms with van der Waals surface area (Å²) in [6.07, 6.45) is 3.24. The number of benzene rings is 2. The average Bonchev–Trinajstić information content (AvgIpc) is 3.37. The van der Waals surface area contributed by atoms with Gasteiger partial charge in [-0.2, -0.15) is 0 Å². The summed E-state index contributed by atoms with van der Waals surface area (Å²) in [6.45, 7) is 0. The topological polar surface area (TPSA) is 63.2 Å². The Morgan fingerprint density at radius 2 is 1.83 bits per heavy atom. The van der Waals surface area contributed by atoms with Crippen LogP contribution in [-0.4, -0.2) is 20.6 Å². The molecular weight excluding hydrogens is 346 g/mol. The second-order valence-electron chi connectivity index (χ2n) is 6.11. The maximum atomic E-state index is 12.7. The largest absolute Gasteiger partial charge is 0.345 e. The Balaban J connectivity index is 1.89. The molecule has 1 N–H and O–H groups in total. The fraction of sp³-hybridized carbons (Fsp3) is 0.278. The van der Waals surface area contributed by atoms with Crippen molar-refractivity contribution in [2.75, 3.05) is 6.26 Å². The van der Waals surface area contributed by atoms with Crippen molar-refractivity contribution in [3.05, 3.63) is 64.7 Å². The first-order valence-corrected chi connectivity index (χ1v) is 9.98. The second kappa shape index (κ2) is 6.57. The van der Waals surface area contributed by atoms with Crippen molar-refractivity contribution < 1.29 is 13.2 Å². The van der Waals surface area contributed by atoms with E-state index in [4.69, 9.17) is 11.6 Å². The Morgan fingerprint density at radius 3 is 2.42 bits per heavy atom. The number of hydrogen-bond donors (Lipinski definition) is 1. The molecule has 0 bridgehead atoms. The zero-order valence-corrected chi connectivity index (χ0v) is 14.8. The van der Waals surface area contributed by atoms with Gasteiger partial charge >= 0.3 is 0 Å². The van der Waals surface area contributed by atoms with Crippen LogP contribution in [0, 0.1) is 5.92 Å². The molecule has 0 radical (unpaired) electrons. The van der Waals surface area contributed by atoms with E-state index in [1.54, 1.807) is 0 Å². The van der Waals surface area contributed by atoms with Gasteiger partial charge in [0, 0.05) is 6.26 Å². The molecule has 1 fully saturated rings. The number of amides is 1. The van der Waals surface area contributed by atoms with Crippen LogP contribution in [0.4, 0.5) is 0 Å². The first-order chi connectivity index (χ1) is 11.4. The Kier molecular flexibility index (Phi) is 4.65. The summed E-state index contributed by atoms with van der Waals surface area (Å²) in [4.78, 5) is 12.8. The van der Waals surface area contributed by atoms with Crippen molar-refractivity contribution in [1.29, 1.82) is 0 Å². The molecule has 0 saturated heterocycles. The third-order valence-electron chi connectivity index (χ3n) is 4.15. The molecule has 0 aromatic heterocycles. The molecular formula is C18H18ClNO3S. The van der Waals surface area contributed by atoms with Crippen LogP contribution in [0.25, 0.3) is 0 Å². The average molecular weight is 364 g/mol. The molecule has 2 aromatic carbocycles. The minimum atomic E-state index is -3.40. The van der Waals surface area contributed by atoms with E-state index in [1.807, 2.05) is 30.3 Å². The Morgan fingerprint density at radius 1 is 1.17 bits per heavy atom. The fourth-order valence-electron chi connectivity index (χ4n) is 2.69. The maximum Gasteiger partial charge on any atom is 0.253 e. The zero-order valence-electron chi connectivity index (χ0n) is 13.2.